The molecule has 0 saturated carbocycles. The predicted octanol–water partition coefficient (Wildman–Crippen LogP) is 5.78. The second kappa shape index (κ2) is 6.33. The Labute approximate surface area is 130 Å². The number of hydrogen-bond donors (Lipinski definition) is 0. The van der Waals surface area contributed by atoms with Crippen molar-refractivity contribution in [2.75, 3.05) is 0 Å². The van der Waals surface area contributed by atoms with Gasteiger partial charge in [-0.15, -0.1) is 0 Å². The van der Waals surface area contributed by atoms with Crippen molar-refractivity contribution < 1.29 is 57.4 Å². The van der Waals surface area contributed by atoms with Crippen LogP contribution in [0.15, 0.2) is 36.1 Å². The van der Waals surface area contributed by atoms with E-state index in [9.17, 15) is 52.7 Å². The van der Waals surface area contributed by atoms with Crippen molar-refractivity contribution in [3.05, 3.63) is 41.9 Å². The fraction of sp³-hybridized carbons (Fsp3) is 0.333. The summed E-state index contributed by atoms with van der Waals surface area (Å²) >= 11 is 0. The molecule has 25 heavy (non-hydrogen) atoms. The van der Waals surface area contributed by atoms with Gasteiger partial charge >= 0.3 is 30.0 Å². The lowest BCUT2D eigenvalue weighted by Crippen LogP contribution is -2.61. The van der Waals surface area contributed by atoms with Crippen LogP contribution in [0, 0.1) is 5.82 Å². The first-order valence-corrected chi connectivity index (χ1v) is 5.75. The number of alkyl halides is 9. The summed E-state index contributed by atoms with van der Waals surface area (Å²) in [6.07, 6.45) is -7.19. The number of benzene rings is 1. The van der Waals surface area contributed by atoms with Crippen LogP contribution in [-0.2, 0) is 0 Å². The van der Waals surface area contributed by atoms with Gasteiger partial charge in [0, 0.05) is 6.07 Å². The van der Waals surface area contributed by atoms with Gasteiger partial charge in [0.25, 0.3) is 0 Å². The van der Waals surface area contributed by atoms with Crippen LogP contribution in [0.4, 0.5) is 52.7 Å². The van der Waals surface area contributed by atoms with E-state index in [2.05, 4.69) is 4.74 Å². The highest BCUT2D eigenvalue weighted by Crippen LogP contribution is 2.55. The summed E-state index contributed by atoms with van der Waals surface area (Å²) in [5, 5.41) is 0. The molecular formula is C12H4F12O. The first kappa shape index (κ1) is 21.0. The van der Waals surface area contributed by atoms with Gasteiger partial charge in [-0.05, 0) is 12.1 Å². The molecule has 0 aromatic heterocycles. The Morgan fingerprint density at radius 1 is 0.800 bits per heavy atom. The summed E-state index contributed by atoms with van der Waals surface area (Å²) in [6, 6.07) is -0.879. The van der Waals surface area contributed by atoms with E-state index >= 15 is 0 Å². The Hall–Kier alpha value is -2.08. The van der Waals surface area contributed by atoms with E-state index in [0.29, 0.717) is 6.07 Å². The van der Waals surface area contributed by atoms with E-state index in [-0.39, 0.29) is 6.07 Å². The fourth-order valence-corrected chi connectivity index (χ4v) is 1.32. The second-order valence-electron chi connectivity index (χ2n) is 4.37. The molecule has 1 nitrogen and oxygen atoms in total. The SMILES string of the molecule is FC(Oc1cccc(F)c1)=C(F)C(F)(F)C(F)(F)C(F)(F)C(F)(F)F. The molecule has 0 saturated heterocycles. The molecule has 0 spiro atoms. The zero-order valence-corrected chi connectivity index (χ0v) is 11.3. The molecule has 1 aromatic carbocycles. The first-order chi connectivity index (χ1) is 11.1. The molecule has 0 aliphatic carbocycles. The van der Waals surface area contributed by atoms with Crippen molar-refractivity contribution in [3.63, 3.8) is 0 Å². The number of halogens is 12. The van der Waals surface area contributed by atoms with Crippen LogP contribution >= 0.6 is 0 Å². The van der Waals surface area contributed by atoms with Gasteiger partial charge < -0.3 is 4.74 Å². The highest BCUT2D eigenvalue weighted by Gasteiger charge is 2.83. The van der Waals surface area contributed by atoms with Crippen LogP contribution in [0.1, 0.15) is 0 Å². The Morgan fingerprint density at radius 2 is 1.32 bits per heavy atom. The van der Waals surface area contributed by atoms with E-state index in [1.165, 1.54) is 0 Å². The Balaban J connectivity index is 3.30. The van der Waals surface area contributed by atoms with E-state index in [4.69, 9.17) is 0 Å². The minimum Gasteiger partial charge on any atom is -0.430 e. The summed E-state index contributed by atoms with van der Waals surface area (Å²) < 4.78 is 155. The molecule has 0 aliphatic heterocycles. The quantitative estimate of drug-likeness (QED) is 0.456. The zero-order valence-electron chi connectivity index (χ0n) is 11.3. The van der Waals surface area contributed by atoms with Crippen molar-refractivity contribution in [3.8, 4) is 5.75 Å². The van der Waals surface area contributed by atoms with Gasteiger partial charge in [-0.1, -0.05) is 6.07 Å². The summed E-state index contributed by atoms with van der Waals surface area (Å²) in [5.74, 6) is -28.0. The minimum absolute atomic E-state index is 0.257. The summed E-state index contributed by atoms with van der Waals surface area (Å²) in [5.41, 5.74) is 0. The van der Waals surface area contributed by atoms with E-state index in [0.717, 1.165) is 12.1 Å². The lowest BCUT2D eigenvalue weighted by atomic mass is 10.0. The van der Waals surface area contributed by atoms with Crippen molar-refractivity contribution in [2.24, 2.45) is 0 Å². The van der Waals surface area contributed by atoms with Crippen molar-refractivity contribution in [1.82, 2.24) is 0 Å². The van der Waals surface area contributed by atoms with Gasteiger partial charge in [0.15, 0.2) is 0 Å². The average Bonchev–Trinajstić information content (AvgIpc) is 2.44. The van der Waals surface area contributed by atoms with Crippen molar-refractivity contribution in [2.45, 2.75) is 23.9 Å². The number of hydrogen-bond acceptors (Lipinski definition) is 1. The van der Waals surface area contributed by atoms with Crippen LogP contribution in [0.25, 0.3) is 0 Å². The Bertz CT molecular complexity index is 660. The van der Waals surface area contributed by atoms with Crippen LogP contribution in [0.5, 0.6) is 5.75 Å². The predicted molar refractivity (Wildman–Crippen MR) is 57.2 cm³/mol. The maximum absolute atomic E-state index is 13.1. The third-order valence-electron chi connectivity index (χ3n) is 2.60. The van der Waals surface area contributed by atoms with Crippen molar-refractivity contribution in [1.29, 1.82) is 0 Å². The largest absolute Gasteiger partial charge is 0.460 e. The normalized spacial score (nSPS) is 15.0. The molecular weight excluding hydrogens is 388 g/mol. The molecule has 0 unspecified atom stereocenters. The fourth-order valence-electron chi connectivity index (χ4n) is 1.32. The molecule has 142 valence electrons. The topological polar surface area (TPSA) is 9.23 Å². The van der Waals surface area contributed by atoms with Gasteiger partial charge in [0.2, 0.25) is 5.83 Å². The highest BCUT2D eigenvalue weighted by molar-refractivity contribution is 5.25. The molecule has 0 fully saturated rings. The molecule has 0 N–H and O–H groups in total. The number of allylic oxidation sites excluding steroid dienone is 1. The summed E-state index contributed by atoms with van der Waals surface area (Å²) in [6.45, 7) is 0. The van der Waals surface area contributed by atoms with Crippen LogP contribution in [0.2, 0.25) is 0 Å². The van der Waals surface area contributed by atoms with Crippen LogP contribution < -0.4 is 4.74 Å². The van der Waals surface area contributed by atoms with E-state index in [1.807, 2.05) is 0 Å². The zero-order chi connectivity index (χ0) is 19.8. The highest BCUT2D eigenvalue weighted by atomic mass is 19.4. The monoisotopic (exact) mass is 392 g/mol. The Morgan fingerprint density at radius 3 is 1.76 bits per heavy atom. The molecule has 13 heteroatoms. The van der Waals surface area contributed by atoms with Gasteiger partial charge in [-0.3, -0.25) is 0 Å². The molecule has 0 heterocycles. The molecule has 0 amide bonds. The van der Waals surface area contributed by atoms with E-state index in [1.54, 1.807) is 0 Å². The standard InChI is InChI=1S/C12H4F12O/c13-5-2-1-3-6(4-5)25-8(15)7(14)9(16,17)10(18,19)11(20,21)12(22,23)24/h1-4H. The third kappa shape index (κ3) is 3.63. The van der Waals surface area contributed by atoms with Crippen LogP contribution in [0.3, 0.4) is 0 Å². The molecule has 1 aromatic rings. The first-order valence-electron chi connectivity index (χ1n) is 5.75. The molecule has 1 rings (SSSR count). The van der Waals surface area contributed by atoms with Gasteiger partial charge in [-0.2, -0.15) is 48.3 Å². The van der Waals surface area contributed by atoms with Crippen LogP contribution in [-0.4, -0.2) is 23.9 Å². The average molecular weight is 392 g/mol. The second-order valence-corrected chi connectivity index (χ2v) is 4.37. The smallest absolute Gasteiger partial charge is 0.430 e. The number of ether oxygens (including phenoxy) is 1. The van der Waals surface area contributed by atoms with Gasteiger partial charge in [0.05, 0.1) is 0 Å². The Kier molecular flexibility index (Phi) is 5.31. The summed E-state index contributed by atoms with van der Waals surface area (Å²) in [7, 11) is 0. The maximum Gasteiger partial charge on any atom is 0.460 e. The lowest BCUT2D eigenvalue weighted by molar-refractivity contribution is -0.392. The molecule has 0 bridgehead atoms. The van der Waals surface area contributed by atoms with Crippen molar-refractivity contribution >= 4 is 0 Å². The van der Waals surface area contributed by atoms with E-state index < -0.39 is 47.4 Å². The summed E-state index contributed by atoms with van der Waals surface area (Å²) in [4.78, 5) is 0. The minimum atomic E-state index is -7.40. The molecule has 0 radical (unpaired) electrons. The molecule has 0 aliphatic rings. The van der Waals surface area contributed by atoms with Gasteiger partial charge in [0.1, 0.15) is 11.6 Å². The third-order valence-corrected chi connectivity index (χ3v) is 2.60. The molecule has 0 atom stereocenters. The number of rotatable bonds is 5. The lowest BCUT2D eigenvalue weighted by Gasteiger charge is -2.32. The van der Waals surface area contributed by atoms with Gasteiger partial charge in [-0.25, -0.2) is 4.39 Å². The maximum atomic E-state index is 13.1.